The highest BCUT2D eigenvalue weighted by Gasteiger charge is 2.11. The van der Waals surface area contributed by atoms with Crippen LogP contribution in [-0.4, -0.2) is 5.78 Å². The van der Waals surface area contributed by atoms with Gasteiger partial charge in [-0.3, -0.25) is 4.79 Å². The quantitative estimate of drug-likeness (QED) is 0.621. The Balaban J connectivity index is 2.38. The maximum Gasteiger partial charge on any atom is 0.155 e. The first kappa shape index (κ1) is 11.0. The summed E-state index contributed by atoms with van der Waals surface area (Å²) in [6, 6.07) is 0. The Morgan fingerprint density at radius 2 is 2.50 bits per heavy atom. The van der Waals surface area contributed by atoms with Crippen LogP contribution in [0.4, 0.5) is 0 Å². The molecule has 0 aromatic carbocycles. The average Bonchev–Trinajstić information content (AvgIpc) is 2.17. The van der Waals surface area contributed by atoms with Gasteiger partial charge in [-0.25, -0.2) is 0 Å². The topological polar surface area (TPSA) is 17.1 Å². The molecule has 1 aliphatic carbocycles. The predicted octanol–water partition coefficient (Wildman–Crippen LogP) is 3.43. The second-order valence-electron chi connectivity index (χ2n) is 3.90. The SMILES string of the molecule is C=CC/C(C)=C\CC1C=CC(=O)CC1. The molecule has 1 heteroatoms. The van der Waals surface area contributed by atoms with Gasteiger partial charge < -0.3 is 0 Å². The summed E-state index contributed by atoms with van der Waals surface area (Å²) in [6.07, 6.45) is 11.7. The van der Waals surface area contributed by atoms with Crippen LogP contribution in [0.5, 0.6) is 0 Å². The number of hydrogen-bond acceptors (Lipinski definition) is 1. The fourth-order valence-corrected chi connectivity index (χ4v) is 1.61. The minimum atomic E-state index is 0.271. The smallest absolute Gasteiger partial charge is 0.155 e. The predicted molar refractivity (Wildman–Crippen MR) is 60.1 cm³/mol. The lowest BCUT2D eigenvalue weighted by atomic mass is 9.91. The van der Waals surface area contributed by atoms with Crippen LogP contribution in [-0.2, 0) is 4.79 Å². The highest BCUT2D eigenvalue weighted by atomic mass is 16.1. The molecule has 0 spiro atoms. The van der Waals surface area contributed by atoms with Gasteiger partial charge in [0.05, 0.1) is 0 Å². The zero-order valence-electron chi connectivity index (χ0n) is 8.83. The summed E-state index contributed by atoms with van der Waals surface area (Å²) in [5.41, 5.74) is 1.37. The van der Waals surface area contributed by atoms with E-state index in [1.807, 2.05) is 12.2 Å². The van der Waals surface area contributed by atoms with Gasteiger partial charge in [0.2, 0.25) is 0 Å². The molecule has 1 aliphatic rings. The van der Waals surface area contributed by atoms with Gasteiger partial charge in [0, 0.05) is 6.42 Å². The Morgan fingerprint density at radius 3 is 3.07 bits per heavy atom. The van der Waals surface area contributed by atoms with Crippen LogP contribution in [0.3, 0.4) is 0 Å². The van der Waals surface area contributed by atoms with Gasteiger partial charge in [-0.15, -0.1) is 6.58 Å². The van der Waals surface area contributed by atoms with E-state index in [1.165, 1.54) is 5.57 Å². The number of carbonyl (C=O) groups is 1. The molecule has 1 nitrogen and oxygen atoms in total. The molecule has 0 amide bonds. The summed E-state index contributed by atoms with van der Waals surface area (Å²) in [5, 5.41) is 0. The first-order chi connectivity index (χ1) is 6.72. The minimum absolute atomic E-state index is 0.271. The maximum absolute atomic E-state index is 10.9. The lowest BCUT2D eigenvalue weighted by molar-refractivity contribution is -0.115. The summed E-state index contributed by atoms with van der Waals surface area (Å²) in [5.74, 6) is 0.834. The highest BCUT2D eigenvalue weighted by molar-refractivity contribution is 5.90. The van der Waals surface area contributed by atoms with Crippen molar-refractivity contribution in [2.45, 2.75) is 32.6 Å². The Kier molecular flexibility index (Phi) is 4.37. The number of carbonyl (C=O) groups excluding carboxylic acids is 1. The van der Waals surface area contributed by atoms with Crippen LogP contribution in [0.15, 0.2) is 36.5 Å². The molecule has 1 atom stereocenters. The van der Waals surface area contributed by atoms with Crippen molar-refractivity contribution in [3.8, 4) is 0 Å². The van der Waals surface area contributed by atoms with Gasteiger partial charge in [0.15, 0.2) is 5.78 Å². The van der Waals surface area contributed by atoms with Crippen molar-refractivity contribution in [3.05, 3.63) is 36.5 Å². The van der Waals surface area contributed by atoms with Gasteiger partial charge in [0.25, 0.3) is 0 Å². The average molecular weight is 190 g/mol. The molecule has 0 saturated heterocycles. The fraction of sp³-hybridized carbons (Fsp3) is 0.462. The molecule has 0 fully saturated rings. The van der Waals surface area contributed by atoms with Crippen molar-refractivity contribution in [2.24, 2.45) is 5.92 Å². The molecule has 0 saturated carbocycles. The Hall–Kier alpha value is -1.11. The van der Waals surface area contributed by atoms with Crippen LogP contribution in [0.1, 0.15) is 32.6 Å². The van der Waals surface area contributed by atoms with Gasteiger partial charge in [-0.05, 0) is 38.2 Å². The molecule has 1 rings (SSSR count). The Labute approximate surface area is 86.2 Å². The molecule has 0 radical (unpaired) electrons. The van der Waals surface area contributed by atoms with E-state index < -0.39 is 0 Å². The summed E-state index contributed by atoms with van der Waals surface area (Å²) >= 11 is 0. The maximum atomic E-state index is 10.9. The molecule has 0 aromatic rings. The van der Waals surface area contributed by atoms with E-state index >= 15 is 0 Å². The normalized spacial score (nSPS) is 22.5. The van der Waals surface area contributed by atoms with Crippen molar-refractivity contribution in [1.29, 1.82) is 0 Å². The van der Waals surface area contributed by atoms with E-state index in [-0.39, 0.29) is 5.78 Å². The van der Waals surface area contributed by atoms with Gasteiger partial charge >= 0.3 is 0 Å². The second kappa shape index (κ2) is 5.58. The minimum Gasteiger partial charge on any atom is -0.295 e. The Bertz CT molecular complexity index is 271. The summed E-state index contributed by atoms with van der Waals surface area (Å²) in [6.45, 7) is 5.83. The monoisotopic (exact) mass is 190 g/mol. The lowest BCUT2D eigenvalue weighted by Crippen LogP contribution is -2.06. The molecule has 0 N–H and O–H groups in total. The summed E-state index contributed by atoms with van der Waals surface area (Å²) in [4.78, 5) is 10.9. The van der Waals surface area contributed by atoms with E-state index in [4.69, 9.17) is 0 Å². The van der Waals surface area contributed by atoms with Gasteiger partial charge in [0.1, 0.15) is 0 Å². The van der Waals surface area contributed by atoms with E-state index in [9.17, 15) is 4.79 Å². The standard InChI is InChI=1S/C13H18O/c1-3-4-11(2)5-6-12-7-9-13(14)10-8-12/h3,5,7,9,12H,1,4,6,8,10H2,2H3/b11-5-. The molecule has 1 unspecified atom stereocenters. The van der Waals surface area contributed by atoms with Crippen molar-refractivity contribution < 1.29 is 4.79 Å². The largest absolute Gasteiger partial charge is 0.295 e. The zero-order chi connectivity index (χ0) is 10.4. The first-order valence-electron chi connectivity index (χ1n) is 5.20. The molecular weight excluding hydrogens is 172 g/mol. The summed E-state index contributed by atoms with van der Waals surface area (Å²) in [7, 11) is 0. The lowest BCUT2D eigenvalue weighted by Gasteiger charge is -2.13. The van der Waals surface area contributed by atoms with Crippen LogP contribution in [0.2, 0.25) is 0 Å². The molecule has 0 bridgehead atoms. The van der Waals surface area contributed by atoms with Crippen molar-refractivity contribution >= 4 is 5.78 Å². The van der Waals surface area contributed by atoms with Crippen LogP contribution >= 0.6 is 0 Å². The molecule has 0 aliphatic heterocycles. The zero-order valence-corrected chi connectivity index (χ0v) is 8.83. The number of rotatable bonds is 4. The third kappa shape index (κ3) is 3.73. The molecule has 0 aromatic heterocycles. The van der Waals surface area contributed by atoms with Crippen molar-refractivity contribution in [1.82, 2.24) is 0 Å². The van der Waals surface area contributed by atoms with E-state index in [1.54, 1.807) is 6.08 Å². The fourth-order valence-electron chi connectivity index (χ4n) is 1.61. The van der Waals surface area contributed by atoms with Crippen LogP contribution in [0.25, 0.3) is 0 Å². The molecule has 14 heavy (non-hydrogen) atoms. The third-order valence-corrected chi connectivity index (χ3v) is 2.55. The molecule has 76 valence electrons. The van der Waals surface area contributed by atoms with Crippen LogP contribution in [0, 0.1) is 5.92 Å². The third-order valence-electron chi connectivity index (χ3n) is 2.55. The Morgan fingerprint density at radius 1 is 1.71 bits per heavy atom. The number of hydrogen-bond donors (Lipinski definition) is 0. The van der Waals surface area contributed by atoms with Crippen LogP contribution < -0.4 is 0 Å². The number of allylic oxidation sites excluding steroid dienone is 5. The van der Waals surface area contributed by atoms with E-state index in [2.05, 4.69) is 19.6 Å². The van der Waals surface area contributed by atoms with Gasteiger partial charge in [-0.2, -0.15) is 0 Å². The first-order valence-corrected chi connectivity index (χ1v) is 5.20. The second-order valence-corrected chi connectivity index (χ2v) is 3.90. The summed E-state index contributed by atoms with van der Waals surface area (Å²) < 4.78 is 0. The van der Waals surface area contributed by atoms with Crippen molar-refractivity contribution in [3.63, 3.8) is 0 Å². The molecule has 0 heterocycles. The van der Waals surface area contributed by atoms with Gasteiger partial charge in [-0.1, -0.05) is 23.8 Å². The van der Waals surface area contributed by atoms with E-state index in [0.29, 0.717) is 5.92 Å². The van der Waals surface area contributed by atoms with Crippen molar-refractivity contribution in [2.75, 3.05) is 0 Å². The highest BCUT2D eigenvalue weighted by Crippen LogP contribution is 2.19. The number of ketones is 1. The molecular formula is C13H18O. The van der Waals surface area contributed by atoms with E-state index in [0.717, 1.165) is 25.7 Å².